The number of rotatable bonds is 3. The number of aryl methyl sites for hydroxylation is 1. The Morgan fingerprint density at radius 3 is 2.71 bits per heavy atom. The molecule has 1 aliphatic rings. The van der Waals surface area contributed by atoms with Crippen molar-refractivity contribution in [1.29, 1.82) is 0 Å². The second-order valence-corrected chi connectivity index (χ2v) is 5.22. The van der Waals surface area contributed by atoms with E-state index in [-0.39, 0.29) is 5.91 Å². The van der Waals surface area contributed by atoms with Gasteiger partial charge in [-0.3, -0.25) is 4.79 Å². The van der Waals surface area contributed by atoms with Crippen LogP contribution in [0.2, 0.25) is 0 Å². The lowest BCUT2D eigenvalue weighted by molar-refractivity contribution is 0.102. The van der Waals surface area contributed by atoms with Gasteiger partial charge in [0.1, 0.15) is 5.75 Å². The molecule has 4 heteroatoms. The number of hydrogen-bond donors (Lipinski definition) is 2. The highest BCUT2D eigenvalue weighted by Crippen LogP contribution is 2.22. The van der Waals surface area contributed by atoms with Crippen LogP contribution in [0.15, 0.2) is 36.4 Å². The zero-order valence-corrected chi connectivity index (χ0v) is 12.2. The maximum absolute atomic E-state index is 12.4. The molecule has 2 aromatic carbocycles. The second-order valence-electron chi connectivity index (χ2n) is 5.22. The summed E-state index contributed by atoms with van der Waals surface area (Å²) in [5.41, 5.74) is 4.94. The van der Waals surface area contributed by atoms with Crippen LogP contribution < -0.4 is 15.4 Å². The number of carbonyl (C=O) groups excluding carboxylic acids is 1. The fourth-order valence-corrected chi connectivity index (χ4v) is 2.53. The Kier molecular flexibility index (Phi) is 3.62. The van der Waals surface area contributed by atoms with Gasteiger partial charge < -0.3 is 15.4 Å². The Morgan fingerprint density at radius 2 is 1.95 bits per heavy atom. The largest absolute Gasteiger partial charge is 0.497 e. The number of ether oxygens (including phenoxy) is 1. The standard InChI is InChI=1S/C17H18N2O2/c1-11-7-15(21-2)5-6-16(11)19-17(20)12-3-4-13-9-18-10-14(13)8-12/h3-8,18H,9-10H2,1-2H3,(H,19,20). The van der Waals surface area contributed by atoms with Gasteiger partial charge in [0.25, 0.3) is 5.91 Å². The smallest absolute Gasteiger partial charge is 0.255 e. The maximum Gasteiger partial charge on any atom is 0.255 e. The molecule has 4 nitrogen and oxygen atoms in total. The summed E-state index contributed by atoms with van der Waals surface area (Å²) in [7, 11) is 1.63. The van der Waals surface area contributed by atoms with Crippen LogP contribution in [-0.4, -0.2) is 13.0 Å². The van der Waals surface area contributed by atoms with Gasteiger partial charge >= 0.3 is 0 Å². The summed E-state index contributed by atoms with van der Waals surface area (Å²) in [6.45, 7) is 3.66. The average Bonchev–Trinajstić information content (AvgIpc) is 2.96. The fourth-order valence-electron chi connectivity index (χ4n) is 2.53. The zero-order chi connectivity index (χ0) is 14.8. The van der Waals surface area contributed by atoms with E-state index >= 15 is 0 Å². The molecule has 0 unspecified atom stereocenters. The van der Waals surface area contributed by atoms with Crippen molar-refractivity contribution in [2.24, 2.45) is 0 Å². The Hall–Kier alpha value is -2.33. The van der Waals surface area contributed by atoms with Crippen LogP contribution in [-0.2, 0) is 13.1 Å². The summed E-state index contributed by atoms with van der Waals surface area (Å²) < 4.78 is 5.17. The van der Waals surface area contributed by atoms with E-state index in [4.69, 9.17) is 4.74 Å². The lowest BCUT2D eigenvalue weighted by atomic mass is 10.1. The molecule has 0 aromatic heterocycles. The third-order valence-corrected chi connectivity index (χ3v) is 3.78. The van der Waals surface area contributed by atoms with Gasteiger partial charge in [0, 0.05) is 24.3 Å². The molecule has 0 spiro atoms. The van der Waals surface area contributed by atoms with E-state index in [1.807, 2.05) is 43.3 Å². The summed E-state index contributed by atoms with van der Waals surface area (Å²) in [6.07, 6.45) is 0. The average molecular weight is 282 g/mol. The Balaban J connectivity index is 1.80. The van der Waals surface area contributed by atoms with Crippen LogP contribution in [0.4, 0.5) is 5.69 Å². The molecule has 2 N–H and O–H groups in total. The van der Waals surface area contributed by atoms with Crippen molar-refractivity contribution >= 4 is 11.6 Å². The van der Waals surface area contributed by atoms with Crippen LogP contribution in [0.5, 0.6) is 5.75 Å². The van der Waals surface area contributed by atoms with Crippen molar-refractivity contribution in [3.8, 4) is 5.75 Å². The molecular weight excluding hydrogens is 264 g/mol. The molecule has 2 aromatic rings. The van der Waals surface area contributed by atoms with Crippen molar-refractivity contribution in [3.05, 3.63) is 58.7 Å². The predicted octanol–water partition coefficient (Wildman–Crippen LogP) is 2.86. The Bertz CT molecular complexity index is 695. The van der Waals surface area contributed by atoms with Gasteiger partial charge in [-0.25, -0.2) is 0 Å². The van der Waals surface area contributed by atoms with Gasteiger partial charge in [0.05, 0.1) is 7.11 Å². The lowest BCUT2D eigenvalue weighted by Crippen LogP contribution is -2.13. The number of hydrogen-bond acceptors (Lipinski definition) is 3. The summed E-state index contributed by atoms with van der Waals surface area (Å²) in [4.78, 5) is 12.4. The van der Waals surface area contributed by atoms with Crippen LogP contribution in [0.3, 0.4) is 0 Å². The first-order chi connectivity index (χ1) is 10.2. The number of nitrogens with one attached hydrogen (secondary N) is 2. The molecule has 1 aliphatic heterocycles. The third-order valence-electron chi connectivity index (χ3n) is 3.78. The summed E-state index contributed by atoms with van der Waals surface area (Å²) in [5, 5.41) is 6.23. The van der Waals surface area contributed by atoms with E-state index in [1.54, 1.807) is 7.11 Å². The third kappa shape index (κ3) is 2.76. The molecule has 0 saturated carbocycles. The summed E-state index contributed by atoms with van der Waals surface area (Å²) >= 11 is 0. The molecule has 0 fully saturated rings. The number of methoxy groups -OCH3 is 1. The van der Waals surface area contributed by atoms with Gasteiger partial charge in [0.15, 0.2) is 0 Å². The van der Waals surface area contributed by atoms with Crippen molar-refractivity contribution in [3.63, 3.8) is 0 Å². The molecule has 108 valence electrons. The van der Waals surface area contributed by atoms with E-state index in [0.29, 0.717) is 5.56 Å². The molecule has 0 atom stereocenters. The molecule has 0 radical (unpaired) electrons. The number of fused-ring (bicyclic) bond motifs is 1. The molecule has 0 bridgehead atoms. The predicted molar refractivity (Wildman–Crippen MR) is 82.7 cm³/mol. The van der Waals surface area contributed by atoms with Gasteiger partial charge in [0.2, 0.25) is 0 Å². The fraction of sp³-hybridized carbons (Fsp3) is 0.235. The quantitative estimate of drug-likeness (QED) is 0.910. The van der Waals surface area contributed by atoms with Gasteiger partial charge in [-0.2, -0.15) is 0 Å². The number of carbonyl (C=O) groups is 1. The highest BCUT2D eigenvalue weighted by molar-refractivity contribution is 6.04. The Morgan fingerprint density at radius 1 is 1.14 bits per heavy atom. The van der Waals surface area contributed by atoms with Gasteiger partial charge in [-0.1, -0.05) is 6.07 Å². The minimum atomic E-state index is -0.0852. The van der Waals surface area contributed by atoms with Crippen molar-refractivity contribution < 1.29 is 9.53 Å². The molecule has 0 aliphatic carbocycles. The first-order valence-electron chi connectivity index (χ1n) is 6.96. The zero-order valence-electron chi connectivity index (χ0n) is 12.2. The lowest BCUT2D eigenvalue weighted by Gasteiger charge is -2.10. The molecule has 21 heavy (non-hydrogen) atoms. The van der Waals surface area contributed by atoms with E-state index in [1.165, 1.54) is 11.1 Å². The van der Waals surface area contributed by atoms with Crippen LogP contribution in [0.1, 0.15) is 27.0 Å². The number of benzene rings is 2. The van der Waals surface area contributed by atoms with Crippen LogP contribution in [0.25, 0.3) is 0 Å². The number of amides is 1. The highest BCUT2D eigenvalue weighted by Gasteiger charge is 2.14. The van der Waals surface area contributed by atoms with Crippen molar-refractivity contribution in [2.75, 3.05) is 12.4 Å². The monoisotopic (exact) mass is 282 g/mol. The topological polar surface area (TPSA) is 50.4 Å². The molecule has 1 amide bonds. The highest BCUT2D eigenvalue weighted by atomic mass is 16.5. The van der Waals surface area contributed by atoms with Gasteiger partial charge in [-0.15, -0.1) is 0 Å². The first kappa shape index (κ1) is 13.6. The number of anilines is 1. The molecular formula is C17H18N2O2. The van der Waals surface area contributed by atoms with Crippen LogP contribution in [0, 0.1) is 6.92 Å². The summed E-state index contributed by atoms with van der Waals surface area (Å²) in [6, 6.07) is 11.5. The van der Waals surface area contributed by atoms with E-state index in [9.17, 15) is 4.79 Å². The molecule has 1 heterocycles. The Labute approximate surface area is 124 Å². The molecule has 3 rings (SSSR count). The van der Waals surface area contributed by atoms with E-state index in [2.05, 4.69) is 10.6 Å². The van der Waals surface area contributed by atoms with Crippen molar-refractivity contribution in [2.45, 2.75) is 20.0 Å². The normalized spacial score (nSPS) is 12.9. The maximum atomic E-state index is 12.4. The van der Waals surface area contributed by atoms with E-state index in [0.717, 1.165) is 30.1 Å². The van der Waals surface area contributed by atoms with Crippen molar-refractivity contribution in [1.82, 2.24) is 5.32 Å². The minimum Gasteiger partial charge on any atom is -0.497 e. The minimum absolute atomic E-state index is 0.0852. The second kappa shape index (κ2) is 5.58. The van der Waals surface area contributed by atoms with E-state index < -0.39 is 0 Å². The molecule has 0 saturated heterocycles. The first-order valence-corrected chi connectivity index (χ1v) is 6.96. The van der Waals surface area contributed by atoms with Gasteiger partial charge in [-0.05, 0) is 53.9 Å². The van der Waals surface area contributed by atoms with Crippen LogP contribution >= 0.6 is 0 Å². The SMILES string of the molecule is COc1ccc(NC(=O)c2ccc3c(c2)CNC3)c(C)c1. The summed E-state index contributed by atoms with van der Waals surface area (Å²) in [5.74, 6) is 0.701.